The first-order valence-electron chi connectivity index (χ1n) is 8.62. The van der Waals surface area contributed by atoms with Crippen molar-refractivity contribution >= 4 is 11.9 Å². The van der Waals surface area contributed by atoms with Crippen molar-refractivity contribution in [1.82, 2.24) is 15.3 Å². The van der Waals surface area contributed by atoms with Gasteiger partial charge in [-0.05, 0) is 37.7 Å². The maximum absolute atomic E-state index is 12.2. The Kier molecular flexibility index (Phi) is 5.24. The highest BCUT2D eigenvalue weighted by molar-refractivity contribution is 5.76. The summed E-state index contributed by atoms with van der Waals surface area (Å²) in [6, 6.07) is 2.27. The van der Waals surface area contributed by atoms with Crippen LogP contribution in [0.25, 0.3) is 0 Å². The molecule has 3 rings (SSSR count). The smallest absolute Gasteiger partial charge is 0.225 e. The molecule has 0 unspecified atom stereocenters. The highest BCUT2D eigenvalue weighted by Gasteiger charge is 2.24. The van der Waals surface area contributed by atoms with E-state index in [9.17, 15) is 4.79 Å². The molecule has 1 amide bonds. The third-order valence-electron chi connectivity index (χ3n) is 4.89. The highest BCUT2D eigenvalue weighted by Crippen LogP contribution is 2.23. The number of aromatic nitrogens is 2. The van der Waals surface area contributed by atoms with Crippen molar-refractivity contribution in [2.75, 3.05) is 18.0 Å². The highest BCUT2D eigenvalue weighted by atomic mass is 16.1. The number of carbonyl (C=O) groups is 1. The summed E-state index contributed by atoms with van der Waals surface area (Å²) in [6.45, 7) is 1.90. The van der Waals surface area contributed by atoms with Crippen LogP contribution in [-0.4, -0.2) is 35.0 Å². The maximum atomic E-state index is 12.2. The number of nitrogens with one attached hydrogen (secondary N) is 1. The summed E-state index contributed by atoms with van der Waals surface area (Å²) in [6.07, 6.45) is 12.5. The zero-order valence-electron chi connectivity index (χ0n) is 13.2. The van der Waals surface area contributed by atoms with Gasteiger partial charge in [0.15, 0.2) is 0 Å². The van der Waals surface area contributed by atoms with Crippen molar-refractivity contribution in [3.05, 3.63) is 18.5 Å². The molecule has 1 aliphatic heterocycles. The Bertz CT molecular complexity index is 465. The van der Waals surface area contributed by atoms with Crippen LogP contribution in [0.4, 0.5) is 5.95 Å². The van der Waals surface area contributed by atoms with Gasteiger partial charge in [-0.2, -0.15) is 0 Å². The van der Waals surface area contributed by atoms with E-state index in [1.165, 1.54) is 19.3 Å². The van der Waals surface area contributed by atoms with Crippen LogP contribution in [-0.2, 0) is 4.79 Å². The SMILES string of the molecule is O=C(CC1CCN(c2ncccn2)CC1)NC1CCCCC1. The lowest BCUT2D eigenvalue weighted by molar-refractivity contribution is -0.123. The van der Waals surface area contributed by atoms with Crippen molar-refractivity contribution in [3.63, 3.8) is 0 Å². The van der Waals surface area contributed by atoms with Crippen LogP contribution in [0.1, 0.15) is 51.4 Å². The lowest BCUT2D eigenvalue weighted by atomic mass is 9.92. The van der Waals surface area contributed by atoms with E-state index in [4.69, 9.17) is 0 Å². The first kappa shape index (κ1) is 15.3. The lowest BCUT2D eigenvalue weighted by Gasteiger charge is -2.32. The molecular weight excluding hydrogens is 276 g/mol. The number of hydrogen-bond donors (Lipinski definition) is 1. The minimum Gasteiger partial charge on any atom is -0.353 e. The van der Waals surface area contributed by atoms with Gasteiger partial charge in [0.1, 0.15) is 0 Å². The van der Waals surface area contributed by atoms with Gasteiger partial charge in [-0.3, -0.25) is 4.79 Å². The molecule has 0 atom stereocenters. The summed E-state index contributed by atoms with van der Waals surface area (Å²) in [5, 5.41) is 3.23. The van der Waals surface area contributed by atoms with E-state index >= 15 is 0 Å². The number of carbonyl (C=O) groups excluding carboxylic acids is 1. The molecule has 5 heteroatoms. The fraction of sp³-hybridized carbons (Fsp3) is 0.706. The quantitative estimate of drug-likeness (QED) is 0.928. The van der Waals surface area contributed by atoms with Gasteiger partial charge in [-0.15, -0.1) is 0 Å². The summed E-state index contributed by atoms with van der Waals surface area (Å²) in [4.78, 5) is 23.0. The van der Waals surface area contributed by atoms with Gasteiger partial charge >= 0.3 is 0 Å². The van der Waals surface area contributed by atoms with Crippen molar-refractivity contribution in [2.24, 2.45) is 5.92 Å². The number of hydrogen-bond acceptors (Lipinski definition) is 4. The van der Waals surface area contributed by atoms with Crippen LogP contribution in [0.3, 0.4) is 0 Å². The Hall–Kier alpha value is -1.65. The van der Waals surface area contributed by atoms with E-state index in [0.29, 0.717) is 18.4 Å². The molecule has 1 aromatic heterocycles. The first-order chi connectivity index (χ1) is 10.8. The molecular formula is C17H26N4O. The van der Waals surface area contributed by atoms with Gasteiger partial charge in [0.25, 0.3) is 0 Å². The molecule has 5 nitrogen and oxygen atoms in total. The molecule has 2 aliphatic rings. The van der Waals surface area contributed by atoms with E-state index in [1.54, 1.807) is 12.4 Å². The van der Waals surface area contributed by atoms with Gasteiger partial charge in [0.05, 0.1) is 0 Å². The number of piperidine rings is 1. The second-order valence-corrected chi connectivity index (χ2v) is 6.59. The predicted octanol–water partition coefficient (Wildman–Crippen LogP) is 2.53. The minimum atomic E-state index is 0.251. The normalized spacial score (nSPS) is 20.8. The van der Waals surface area contributed by atoms with Gasteiger partial charge < -0.3 is 10.2 Å². The molecule has 1 saturated heterocycles. The molecule has 1 aliphatic carbocycles. The lowest BCUT2D eigenvalue weighted by Crippen LogP contribution is -2.39. The Labute approximate surface area is 132 Å². The van der Waals surface area contributed by atoms with E-state index in [1.807, 2.05) is 6.07 Å². The van der Waals surface area contributed by atoms with Gasteiger partial charge in [0, 0.05) is 37.9 Å². The summed E-state index contributed by atoms with van der Waals surface area (Å²) in [5.74, 6) is 1.57. The number of rotatable bonds is 4. The van der Waals surface area contributed by atoms with Crippen LogP contribution in [0, 0.1) is 5.92 Å². The average molecular weight is 302 g/mol. The fourth-order valence-corrected chi connectivity index (χ4v) is 3.59. The molecule has 1 aromatic rings. The zero-order valence-corrected chi connectivity index (χ0v) is 13.2. The maximum Gasteiger partial charge on any atom is 0.225 e. The summed E-state index contributed by atoms with van der Waals surface area (Å²) in [5.41, 5.74) is 0. The van der Waals surface area contributed by atoms with Crippen molar-refractivity contribution in [2.45, 2.75) is 57.4 Å². The second-order valence-electron chi connectivity index (χ2n) is 6.59. The molecule has 0 bridgehead atoms. The predicted molar refractivity (Wildman–Crippen MR) is 86.6 cm³/mol. The Morgan fingerprint density at radius 2 is 1.77 bits per heavy atom. The van der Waals surface area contributed by atoms with E-state index < -0.39 is 0 Å². The summed E-state index contributed by atoms with van der Waals surface area (Å²) >= 11 is 0. The minimum absolute atomic E-state index is 0.251. The van der Waals surface area contributed by atoms with E-state index in [0.717, 1.165) is 44.7 Å². The third kappa shape index (κ3) is 4.18. The second kappa shape index (κ2) is 7.56. The third-order valence-corrected chi connectivity index (χ3v) is 4.89. The monoisotopic (exact) mass is 302 g/mol. The molecule has 0 radical (unpaired) electrons. The molecule has 2 heterocycles. The molecule has 120 valence electrons. The Morgan fingerprint density at radius 1 is 1.09 bits per heavy atom. The molecule has 22 heavy (non-hydrogen) atoms. The molecule has 2 fully saturated rings. The van der Waals surface area contributed by atoms with Gasteiger partial charge in [-0.1, -0.05) is 19.3 Å². The van der Waals surface area contributed by atoms with Crippen molar-refractivity contribution in [1.29, 1.82) is 0 Å². The fourth-order valence-electron chi connectivity index (χ4n) is 3.59. The zero-order chi connectivity index (χ0) is 15.2. The van der Waals surface area contributed by atoms with Crippen molar-refractivity contribution in [3.8, 4) is 0 Å². The van der Waals surface area contributed by atoms with Crippen LogP contribution in [0.15, 0.2) is 18.5 Å². The number of nitrogens with zero attached hydrogens (tertiary/aromatic N) is 3. The van der Waals surface area contributed by atoms with Gasteiger partial charge in [0.2, 0.25) is 11.9 Å². The molecule has 0 aromatic carbocycles. The van der Waals surface area contributed by atoms with E-state index in [-0.39, 0.29) is 5.91 Å². The number of amides is 1. The Balaban J connectivity index is 1.41. The topological polar surface area (TPSA) is 58.1 Å². The largest absolute Gasteiger partial charge is 0.353 e. The number of anilines is 1. The first-order valence-corrected chi connectivity index (χ1v) is 8.62. The van der Waals surface area contributed by atoms with Crippen LogP contribution >= 0.6 is 0 Å². The van der Waals surface area contributed by atoms with Crippen LogP contribution in [0.5, 0.6) is 0 Å². The summed E-state index contributed by atoms with van der Waals surface area (Å²) in [7, 11) is 0. The van der Waals surface area contributed by atoms with E-state index in [2.05, 4.69) is 20.2 Å². The van der Waals surface area contributed by atoms with Crippen molar-refractivity contribution < 1.29 is 4.79 Å². The van der Waals surface area contributed by atoms with Crippen LogP contribution < -0.4 is 10.2 Å². The van der Waals surface area contributed by atoms with Crippen LogP contribution in [0.2, 0.25) is 0 Å². The molecule has 0 spiro atoms. The average Bonchev–Trinajstić information content (AvgIpc) is 2.57. The summed E-state index contributed by atoms with van der Waals surface area (Å²) < 4.78 is 0. The molecule has 1 saturated carbocycles. The van der Waals surface area contributed by atoms with Gasteiger partial charge in [-0.25, -0.2) is 9.97 Å². The molecule has 1 N–H and O–H groups in total. The Morgan fingerprint density at radius 3 is 2.45 bits per heavy atom. The standard InChI is InChI=1S/C17H26N4O/c22-16(20-15-5-2-1-3-6-15)13-14-7-11-21(12-8-14)17-18-9-4-10-19-17/h4,9-10,14-15H,1-3,5-8,11-13H2,(H,20,22).